The van der Waals surface area contributed by atoms with Crippen molar-refractivity contribution in [2.75, 3.05) is 6.61 Å². The molecule has 0 heterocycles. The van der Waals surface area contributed by atoms with E-state index >= 15 is 0 Å². The number of hydrogen-bond acceptors (Lipinski definition) is 2. The summed E-state index contributed by atoms with van der Waals surface area (Å²) in [5.41, 5.74) is 0. The number of ether oxygens (including phenoxy) is 1. The summed E-state index contributed by atoms with van der Waals surface area (Å²) in [5.74, 6) is 0. The Morgan fingerprint density at radius 1 is 0.448 bits per heavy atom. The van der Waals surface area contributed by atoms with Crippen LogP contribution in [0, 0.1) is 0 Å². The van der Waals surface area contributed by atoms with Gasteiger partial charge in [-0.05, 0) is 25.1 Å². The van der Waals surface area contributed by atoms with Crippen molar-refractivity contribution in [3.05, 3.63) is 0 Å². The molecule has 0 aromatic heterocycles. The maximum Gasteiger partial charge on any atom is 0.159 e. The quantitative estimate of drug-likeness (QED) is 0.112. The summed E-state index contributed by atoms with van der Waals surface area (Å²) in [6.45, 7) is 5.41. The minimum atomic E-state index is 0.841. The first-order valence-electron chi connectivity index (χ1n) is 13.5. The summed E-state index contributed by atoms with van der Waals surface area (Å²) < 4.78 is 5.75. The van der Waals surface area contributed by atoms with Gasteiger partial charge in [0.05, 0.1) is 6.61 Å². The molecule has 0 aliphatic carbocycles. The topological polar surface area (TPSA) is 9.23 Å². The van der Waals surface area contributed by atoms with Gasteiger partial charge < -0.3 is 4.74 Å². The van der Waals surface area contributed by atoms with E-state index in [1.165, 1.54) is 141 Å². The highest BCUT2D eigenvalue weighted by Gasteiger charge is 1.99. The van der Waals surface area contributed by atoms with Crippen molar-refractivity contribution in [3.8, 4) is 0 Å². The molecule has 0 spiro atoms. The molecule has 174 valence electrons. The molecule has 0 aromatic carbocycles. The fourth-order valence-electron chi connectivity index (χ4n) is 3.96. The van der Waals surface area contributed by atoms with Crippen LogP contribution in [0.25, 0.3) is 0 Å². The number of thiocarbonyl (C=S) groups is 1. The molecule has 0 aliphatic heterocycles. The molecule has 1 nitrogen and oxygen atoms in total. The fraction of sp³-hybridized carbons (Fsp3) is 0.963. The fourth-order valence-corrected chi connectivity index (χ4v) is 4.19. The highest BCUT2D eigenvalue weighted by atomic mass is 32.1. The molecule has 0 amide bonds. The van der Waals surface area contributed by atoms with Crippen LogP contribution in [0.3, 0.4) is 0 Å². The van der Waals surface area contributed by atoms with Crippen LogP contribution in [0.4, 0.5) is 0 Å². The van der Waals surface area contributed by atoms with Gasteiger partial charge in [0.25, 0.3) is 0 Å². The normalized spacial score (nSPS) is 11.1. The molecule has 29 heavy (non-hydrogen) atoms. The van der Waals surface area contributed by atoms with E-state index < -0.39 is 0 Å². The second-order valence-corrected chi connectivity index (χ2v) is 9.50. The summed E-state index contributed by atoms with van der Waals surface area (Å²) in [4.78, 5) is 0. The average molecular weight is 427 g/mol. The predicted octanol–water partition coefficient (Wildman–Crippen LogP) is 10.3. The minimum absolute atomic E-state index is 0.841. The van der Waals surface area contributed by atoms with E-state index in [4.69, 9.17) is 17.0 Å². The second kappa shape index (κ2) is 25.9. The maximum absolute atomic E-state index is 5.75. The van der Waals surface area contributed by atoms with Crippen LogP contribution in [-0.4, -0.2) is 11.7 Å². The number of hydrogen-bond donors (Lipinski definition) is 0. The Morgan fingerprint density at radius 3 is 1.14 bits per heavy atom. The molecular weight excluding hydrogens is 372 g/mol. The SMILES string of the molecule is CCCCCCCCCCCCCCC(=S)OCCCCCCCCCCCC. The van der Waals surface area contributed by atoms with Gasteiger partial charge in [-0.2, -0.15) is 0 Å². The van der Waals surface area contributed by atoms with Crippen LogP contribution in [0.2, 0.25) is 0 Å². The lowest BCUT2D eigenvalue weighted by atomic mass is 10.0. The first-order chi connectivity index (χ1) is 14.3. The Hall–Kier alpha value is -0.110. The van der Waals surface area contributed by atoms with Crippen LogP contribution in [0.1, 0.15) is 162 Å². The monoisotopic (exact) mass is 426 g/mol. The van der Waals surface area contributed by atoms with Crippen molar-refractivity contribution in [2.45, 2.75) is 162 Å². The van der Waals surface area contributed by atoms with Gasteiger partial charge in [-0.25, -0.2) is 0 Å². The van der Waals surface area contributed by atoms with E-state index in [9.17, 15) is 0 Å². The molecule has 0 unspecified atom stereocenters. The zero-order valence-corrected chi connectivity index (χ0v) is 21.1. The van der Waals surface area contributed by atoms with Gasteiger partial charge in [-0.1, -0.05) is 142 Å². The van der Waals surface area contributed by atoms with Gasteiger partial charge >= 0.3 is 0 Å². The van der Waals surface area contributed by atoms with Crippen molar-refractivity contribution in [3.63, 3.8) is 0 Å². The standard InChI is InChI=1S/C27H54OS/c1-3-5-7-9-11-13-15-16-17-19-21-23-25-27(29)28-26-24-22-20-18-14-12-10-8-6-4-2/h3-26H2,1-2H3. The molecule has 0 fully saturated rings. The highest BCUT2D eigenvalue weighted by Crippen LogP contribution is 2.13. The predicted molar refractivity (Wildman–Crippen MR) is 136 cm³/mol. The van der Waals surface area contributed by atoms with Gasteiger partial charge in [0.15, 0.2) is 5.05 Å². The Balaban J connectivity index is 3.13. The van der Waals surface area contributed by atoms with Gasteiger partial charge in [0.2, 0.25) is 0 Å². The van der Waals surface area contributed by atoms with Crippen LogP contribution >= 0.6 is 12.2 Å². The number of unbranched alkanes of at least 4 members (excludes halogenated alkanes) is 20. The third-order valence-corrected chi connectivity index (χ3v) is 6.32. The van der Waals surface area contributed by atoms with Gasteiger partial charge in [0.1, 0.15) is 0 Å². The molecule has 0 bridgehead atoms. The summed E-state index contributed by atoms with van der Waals surface area (Å²) >= 11 is 5.38. The van der Waals surface area contributed by atoms with Crippen molar-refractivity contribution < 1.29 is 4.74 Å². The van der Waals surface area contributed by atoms with E-state index in [1.807, 2.05) is 0 Å². The van der Waals surface area contributed by atoms with Crippen LogP contribution in [0.5, 0.6) is 0 Å². The van der Waals surface area contributed by atoms with Gasteiger partial charge in [0, 0.05) is 6.42 Å². The van der Waals surface area contributed by atoms with Crippen molar-refractivity contribution in [1.82, 2.24) is 0 Å². The first-order valence-corrected chi connectivity index (χ1v) is 13.9. The maximum atomic E-state index is 5.75. The molecular formula is C27H54OS. The number of rotatable bonds is 24. The van der Waals surface area contributed by atoms with Crippen LogP contribution < -0.4 is 0 Å². The Labute approximate surface area is 190 Å². The summed E-state index contributed by atoms with van der Waals surface area (Å²) in [6.07, 6.45) is 31.4. The molecule has 0 saturated heterocycles. The first kappa shape index (κ1) is 28.9. The zero-order valence-electron chi connectivity index (χ0n) is 20.3. The van der Waals surface area contributed by atoms with E-state index in [-0.39, 0.29) is 0 Å². The van der Waals surface area contributed by atoms with Gasteiger partial charge in [-0.3, -0.25) is 0 Å². The van der Waals surface area contributed by atoms with E-state index in [0.29, 0.717) is 0 Å². The lowest BCUT2D eigenvalue weighted by Crippen LogP contribution is -2.03. The molecule has 0 atom stereocenters. The Morgan fingerprint density at radius 2 is 0.759 bits per heavy atom. The summed E-state index contributed by atoms with van der Waals surface area (Å²) in [5, 5.41) is 0.855. The van der Waals surface area contributed by atoms with E-state index in [0.717, 1.165) is 18.1 Å². The Bertz CT molecular complexity index is 316. The third kappa shape index (κ3) is 25.9. The van der Waals surface area contributed by atoms with E-state index in [1.54, 1.807) is 0 Å². The smallest absolute Gasteiger partial charge is 0.159 e. The highest BCUT2D eigenvalue weighted by molar-refractivity contribution is 7.80. The summed E-state index contributed by atoms with van der Waals surface area (Å²) in [6, 6.07) is 0. The van der Waals surface area contributed by atoms with Crippen LogP contribution in [0.15, 0.2) is 0 Å². The lowest BCUT2D eigenvalue weighted by Gasteiger charge is -2.08. The molecule has 0 N–H and O–H groups in total. The molecule has 0 aromatic rings. The average Bonchev–Trinajstić information content (AvgIpc) is 2.72. The van der Waals surface area contributed by atoms with Crippen molar-refractivity contribution in [2.24, 2.45) is 0 Å². The zero-order chi connectivity index (χ0) is 21.3. The minimum Gasteiger partial charge on any atom is -0.487 e. The van der Waals surface area contributed by atoms with Crippen LogP contribution in [-0.2, 0) is 4.74 Å². The lowest BCUT2D eigenvalue weighted by molar-refractivity contribution is 0.290. The summed E-state index contributed by atoms with van der Waals surface area (Å²) in [7, 11) is 0. The molecule has 0 radical (unpaired) electrons. The van der Waals surface area contributed by atoms with E-state index in [2.05, 4.69) is 13.8 Å². The Kier molecular flexibility index (Phi) is 25.8. The third-order valence-electron chi connectivity index (χ3n) is 6.00. The van der Waals surface area contributed by atoms with Gasteiger partial charge in [-0.15, -0.1) is 0 Å². The molecule has 2 heteroatoms. The molecule has 0 saturated carbocycles. The molecule has 0 rings (SSSR count). The second-order valence-electron chi connectivity index (χ2n) is 9.04. The van der Waals surface area contributed by atoms with Crippen molar-refractivity contribution in [1.29, 1.82) is 0 Å². The molecule has 0 aliphatic rings. The largest absolute Gasteiger partial charge is 0.487 e. The van der Waals surface area contributed by atoms with Crippen molar-refractivity contribution >= 4 is 17.3 Å².